The minimum Gasteiger partial charge on any atom is -0.497 e. The molecule has 0 aliphatic rings. The first-order chi connectivity index (χ1) is 10.8. The summed E-state index contributed by atoms with van der Waals surface area (Å²) in [7, 11) is 3.07. The Bertz CT molecular complexity index is 546. The summed E-state index contributed by atoms with van der Waals surface area (Å²) in [5.41, 5.74) is 0.0670. The Morgan fingerprint density at radius 1 is 1.35 bits per heavy atom. The topological polar surface area (TPSA) is 84.9 Å². The van der Waals surface area contributed by atoms with E-state index < -0.39 is 11.5 Å². The molecule has 0 aliphatic carbocycles. The van der Waals surface area contributed by atoms with Gasteiger partial charge in [0, 0.05) is 13.5 Å². The molecule has 23 heavy (non-hydrogen) atoms. The molecule has 2 atom stereocenters. The highest BCUT2D eigenvalue weighted by molar-refractivity contribution is 5.79. The number of carboxylic acids is 1. The van der Waals surface area contributed by atoms with Crippen molar-refractivity contribution in [2.24, 2.45) is 0 Å². The van der Waals surface area contributed by atoms with Crippen LogP contribution in [0.25, 0.3) is 0 Å². The van der Waals surface area contributed by atoms with Crippen molar-refractivity contribution < 1.29 is 24.2 Å². The Morgan fingerprint density at radius 2 is 2.04 bits per heavy atom. The van der Waals surface area contributed by atoms with Gasteiger partial charge in [-0.2, -0.15) is 0 Å². The Labute approximate surface area is 136 Å². The highest BCUT2D eigenvalue weighted by Gasteiger charge is 2.30. The van der Waals surface area contributed by atoms with E-state index in [0.29, 0.717) is 0 Å². The highest BCUT2D eigenvalue weighted by atomic mass is 16.5. The van der Waals surface area contributed by atoms with Gasteiger partial charge in [-0.3, -0.25) is 9.59 Å². The zero-order valence-electron chi connectivity index (χ0n) is 14.1. The highest BCUT2D eigenvalue weighted by Crippen LogP contribution is 2.23. The third kappa shape index (κ3) is 6.28. The van der Waals surface area contributed by atoms with Crippen molar-refractivity contribution in [3.63, 3.8) is 0 Å². The lowest BCUT2D eigenvalue weighted by Crippen LogP contribution is -2.51. The second kappa shape index (κ2) is 8.53. The molecule has 0 aliphatic heterocycles. The van der Waals surface area contributed by atoms with Crippen LogP contribution in [0.15, 0.2) is 24.3 Å². The molecule has 1 aromatic carbocycles. The zero-order valence-corrected chi connectivity index (χ0v) is 14.1. The van der Waals surface area contributed by atoms with Gasteiger partial charge in [-0.25, -0.2) is 0 Å². The van der Waals surface area contributed by atoms with Gasteiger partial charge in [0.15, 0.2) is 0 Å². The number of hydrogen-bond acceptors (Lipinski definition) is 4. The molecule has 0 aromatic heterocycles. The second-order valence-corrected chi connectivity index (χ2v) is 5.99. The molecule has 0 heterocycles. The summed E-state index contributed by atoms with van der Waals surface area (Å²) in [6, 6.07) is 7.55. The molecule has 2 N–H and O–H groups in total. The third-order valence-electron chi connectivity index (χ3n) is 3.60. The quantitative estimate of drug-likeness (QED) is 0.727. The standard InChI is InChI=1S/C17H25NO5/c1-12(13-6-5-7-14(9-13)23-4)8-15(19)18-17(2,11-22-3)10-16(20)21/h5-7,9,12H,8,10-11H2,1-4H3,(H,18,19)(H,20,21). The molecule has 0 radical (unpaired) electrons. The molecule has 128 valence electrons. The normalized spacial score (nSPS) is 14.6. The van der Waals surface area contributed by atoms with Crippen LogP contribution in [0.5, 0.6) is 5.75 Å². The molecule has 0 saturated heterocycles. The van der Waals surface area contributed by atoms with Crippen molar-refractivity contribution in [3.05, 3.63) is 29.8 Å². The SMILES string of the molecule is COCC(C)(CC(=O)O)NC(=O)CC(C)c1cccc(OC)c1. The second-order valence-electron chi connectivity index (χ2n) is 5.99. The Balaban J connectivity index is 2.71. The molecule has 0 spiro atoms. The molecular weight excluding hydrogens is 298 g/mol. The number of carbonyl (C=O) groups excluding carboxylic acids is 1. The van der Waals surface area contributed by atoms with E-state index >= 15 is 0 Å². The monoisotopic (exact) mass is 323 g/mol. The van der Waals surface area contributed by atoms with Crippen molar-refractivity contribution in [2.75, 3.05) is 20.8 Å². The summed E-state index contributed by atoms with van der Waals surface area (Å²) in [4.78, 5) is 23.2. The molecular formula is C17H25NO5. The average molecular weight is 323 g/mol. The molecule has 2 unspecified atom stereocenters. The molecule has 0 saturated carbocycles. The number of aliphatic carboxylic acids is 1. The van der Waals surface area contributed by atoms with Crippen LogP contribution in [-0.2, 0) is 14.3 Å². The van der Waals surface area contributed by atoms with Crippen LogP contribution < -0.4 is 10.1 Å². The van der Waals surface area contributed by atoms with Gasteiger partial charge < -0.3 is 19.9 Å². The van der Waals surface area contributed by atoms with E-state index in [1.54, 1.807) is 14.0 Å². The van der Waals surface area contributed by atoms with Crippen LogP contribution in [0, 0.1) is 0 Å². The Hall–Kier alpha value is -2.08. The van der Waals surface area contributed by atoms with Gasteiger partial charge >= 0.3 is 5.97 Å². The number of carbonyl (C=O) groups is 2. The van der Waals surface area contributed by atoms with Gasteiger partial charge in [0.25, 0.3) is 0 Å². The van der Waals surface area contributed by atoms with Crippen LogP contribution in [0.1, 0.15) is 38.2 Å². The minimum absolute atomic E-state index is 0.0123. The fraction of sp³-hybridized carbons (Fsp3) is 0.529. The summed E-state index contributed by atoms with van der Waals surface area (Å²) in [6.45, 7) is 3.75. The van der Waals surface area contributed by atoms with Gasteiger partial charge in [-0.1, -0.05) is 19.1 Å². The first-order valence-electron chi connectivity index (χ1n) is 7.45. The number of hydrogen-bond donors (Lipinski definition) is 2. The van der Waals surface area contributed by atoms with Crippen molar-refractivity contribution in [1.29, 1.82) is 0 Å². The molecule has 1 rings (SSSR count). The number of amides is 1. The number of rotatable bonds is 9. The van der Waals surface area contributed by atoms with Gasteiger partial charge in [-0.05, 0) is 30.5 Å². The maximum Gasteiger partial charge on any atom is 0.305 e. The van der Waals surface area contributed by atoms with Crippen LogP contribution in [0.3, 0.4) is 0 Å². The average Bonchev–Trinajstić information content (AvgIpc) is 2.46. The largest absolute Gasteiger partial charge is 0.497 e. The van der Waals surface area contributed by atoms with Gasteiger partial charge in [0.2, 0.25) is 5.91 Å². The lowest BCUT2D eigenvalue weighted by atomic mass is 9.95. The van der Waals surface area contributed by atoms with E-state index in [0.717, 1.165) is 11.3 Å². The summed E-state index contributed by atoms with van der Waals surface area (Å²) in [5, 5.41) is 11.8. The van der Waals surface area contributed by atoms with Crippen LogP contribution in [0.4, 0.5) is 0 Å². The lowest BCUT2D eigenvalue weighted by molar-refractivity contribution is -0.139. The molecule has 6 heteroatoms. The number of methoxy groups -OCH3 is 2. The minimum atomic E-state index is -0.981. The molecule has 1 amide bonds. The van der Waals surface area contributed by atoms with E-state index in [1.165, 1.54) is 7.11 Å². The van der Waals surface area contributed by atoms with Crippen molar-refractivity contribution in [1.82, 2.24) is 5.32 Å². The first kappa shape index (κ1) is 19.0. The molecule has 6 nitrogen and oxygen atoms in total. The van der Waals surface area contributed by atoms with Crippen molar-refractivity contribution in [3.8, 4) is 5.75 Å². The summed E-state index contributed by atoms with van der Waals surface area (Å²) in [6.07, 6.45) is 0.0617. The number of carboxylic acid groups (broad SMARTS) is 1. The fourth-order valence-electron chi connectivity index (χ4n) is 2.52. The number of nitrogens with one attached hydrogen (secondary N) is 1. The van der Waals surface area contributed by atoms with Crippen LogP contribution in [-0.4, -0.2) is 43.3 Å². The van der Waals surface area contributed by atoms with Gasteiger partial charge in [0.1, 0.15) is 5.75 Å². The van der Waals surface area contributed by atoms with Crippen LogP contribution >= 0.6 is 0 Å². The van der Waals surface area contributed by atoms with E-state index in [4.69, 9.17) is 14.6 Å². The Morgan fingerprint density at radius 3 is 2.61 bits per heavy atom. The van der Waals surface area contributed by atoms with E-state index in [9.17, 15) is 9.59 Å². The van der Waals surface area contributed by atoms with E-state index in [1.807, 2.05) is 31.2 Å². The molecule has 0 bridgehead atoms. The maximum atomic E-state index is 12.3. The predicted octanol–water partition coefficient (Wildman–Crippen LogP) is 2.18. The molecule has 0 fully saturated rings. The van der Waals surface area contributed by atoms with Gasteiger partial charge in [-0.15, -0.1) is 0 Å². The zero-order chi connectivity index (χ0) is 17.5. The van der Waals surface area contributed by atoms with Crippen molar-refractivity contribution >= 4 is 11.9 Å². The van der Waals surface area contributed by atoms with Crippen LogP contribution in [0.2, 0.25) is 0 Å². The molecule has 1 aromatic rings. The Kier molecular flexibility index (Phi) is 7.03. The smallest absolute Gasteiger partial charge is 0.305 e. The predicted molar refractivity (Wildman–Crippen MR) is 86.7 cm³/mol. The lowest BCUT2D eigenvalue weighted by Gasteiger charge is -2.29. The van der Waals surface area contributed by atoms with Crippen molar-refractivity contribution in [2.45, 2.75) is 38.1 Å². The fourth-order valence-corrected chi connectivity index (χ4v) is 2.52. The van der Waals surface area contributed by atoms with E-state index in [2.05, 4.69) is 5.32 Å². The van der Waals surface area contributed by atoms with Gasteiger partial charge in [0.05, 0.1) is 25.7 Å². The van der Waals surface area contributed by atoms with E-state index in [-0.39, 0.29) is 31.3 Å². The summed E-state index contributed by atoms with van der Waals surface area (Å²) >= 11 is 0. The first-order valence-corrected chi connectivity index (χ1v) is 7.45. The third-order valence-corrected chi connectivity index (χ3v) is 3.60. The number of ether oxygens (including phenoxy) is 2. The summed E-state index contributed by atoms with van der Waals surface area (Å²) < 4.78 is 10.2. The maximum absolute atomic E-state index is 12.3. The number of benzene rings is 1. The summed E-state index contributed by atoms with van der Waals surface area (Å²) in [5.74, 6) is -0.460.